The molecule has 0 saturated carbocycles. The molecule has 0 radical (unpaired) electrons. The molecule has 0 fully saturated rings. The molecule has 22 heavy (non-hydrogen) atoms. The normalized spacial score (nSPS) is 12.0. The second-order valence-corrected chi connectivity index (χ2v) is 4.83. The molecule has 0 atom stereocenters. The zero-order valence-corrected chi connectivity index (χ0v) is 11.3. The van der Waals surface area contributed by atoms with Crippen LogP contribution in [0.3, 0.4) is 0 Å². The summed E-state index contributed by atoms with van der Waals surface area (Å²) in [4.78, 5) is 10.9. The highest BCUT2D eigenvalue weighted by Crippen LogP contribution is 2.33. The fourth-order valence-corrected chi connectivity index (χ4v) is 2.31. The Labute approximate surface area is 122 Å². The lowest BCUT2D eigenvalue weighted by atomic mass is 10.1. The van der Waals surface area contributed by atoms with E-state index in [0.29, 0.717) is 22.3 Å². The van der Waals surface area contributed by atoms with E-state index in [1.165, 1.54) is 12.1 Å². The van der Waals surface area contributed by atoms with Crippen molar-refractivity contribution in [3.8, 4) is 11.4 Å². The first-order chi connectivity index (χ1) is 10.3. The lowest BCUT2D eigenvalue weighted by molar-refractivity contribution is -0.137. The summed E-state index contributed by atoms with van der Waals surface area (Å²) in [6, 6.07) is 6.45. The van der Waals surface area contributed by atoms with E-state index in [1.807, 2.05) is 0 Å². The number of carbonyl (C=O) groups is 1. The Hall–Kier alpha value is -2.77. The average Bonchev–Trinajstić information content (AvgIpc) is 3.03. The first kappa shape index (κ1) is 14.2. The fraction of sp³-hybridized carbons (Fsp3) is 0.143. The molecule has 5 nitrogen and oxygen atoms in total. The smallest absolute Gasteiger partial charge is 0.416 e. The van der Waals surface area contributed by atoms with Crippen LogP contribution < -0.4 is 0 Å². The number of aromatic carboxylic acids is 1. The molecule has 0 aliphatic rings. The SMILES string of the molecule is Cn1c(-c2cc(C(=O)O)[nH]n2)cc2ccc(C(F)(F)F)cc21. The van der Waals surface area contributed by atoms with Crippen LogP contribution in [0.1, 0.15) is 16.1 Å². The van der Waals surface area contributed by atoms with Crippen LogP contribution in [0.4, 0.5) is 13.2 Å². The van der Waals surface area contributed by atoms with E-state index in [9.17, 15) is 18.0 Å². The second kappa shape index (κ2) is 4.62. The van der Waals surface area contributed by atoms with Crippen molar-refractivity contribution in [2.75, 3.05) is 0 Å². The third-order valence-electron chi connectivity index (χ3n) is 3.44. The molecule has 0 saturated heterocycles. The molecule has 0 aliphatic heterocycles. The predicted molar refractivity (Wildman–Crippen MR) is 72.5 cm³/mol. The van der Waals surface area contributed by atoms with Crippen LogP contribution in [0.2, 0.25) is 0 Å². The number of hydrogen-bond acceptors (Lipinski definition) is 2. The minimum Gasteiger partial charge on any atom is -0.477 e. The van der Waals surface area contributed by atoms with Gasteiger partial charge in [0, 0.05) is 24.0 Å². The van der Waals surface area contributed by atoms with Gasteiger partial charge in [0.15, 0.2) is 0 Å². The summed E-state index contributed by atoms with van der Waals surface area (Å²) in [7, 11) is 1.60. The van der Waals surface area contributed by atoms with Gasteiger partial charge in [-0.15, -0.1) is 0 Å². The van der Waals surface area contributed by atoms with Crippen molar-refractivity contribution in [3.05, 3.63) is 41.6 Å². The number of carboxylic acid groups (broad SMARTS) is 1. The van der Waals surface area contributed by atoms with E-state index in [0.717, 1.165) is 12.1 Å². The molecule has 0 bridgehead atoms. The number of nitrogens with one attached hydrogen (secondary N) is 1. The van der Waals surface area contributed by atoms with E-state index >= 15 is 0 Å². The minimum absolute atomic E-state index is 0.0868. The van der Waals surface area contributed by atoms with Crippen LogP contribution in [-0.2, 0) is 13.2 Å². The van der Waals surface area contributed by atoms with Gasteiger partial charge in [0.1, 0.15) is 11.4 Å². The number of H-pyrrole nitrogens is 1. The molecule has 2 aromatic heterocycles. The van der Waals surface area contributed by atoms with Crippen LogP contribution in [0.5, 0.6) is 0 Å². The van der Waals surface area contributed by atoms with E-state index in [1.54, 1.807) is 17.7 Å². The van der Waals surface area contributed by atoms with E-state index < -0.39 is 17.7 Å². The second-order valence-electron chi connectivity index (χ2n) is 4.83. The molecule has 114 valence electrons. The van der Waals surface area contributed by atoms with E-state index in [4.69, 9.17) is 5.11 Å². The predicted octanol–water partition coefficient (Wildman–Crippen LogP) is 3.29. The van der Waals surface area contributed by atoms with Gasteiger partial charge in [0.05, 0.1) is 11.3 Å². The molecule has 2 N–H and O–H groups in total. The monoisotopic (exact) mass is 309 g/mol. The Bertz CT molecular complexity index is 877. The Morgan fingerprint density at radius 1 is 1.27 bits per heavy atom. The first-order valence-electron chi connectivity index (χ1n) is 6.23. The Morgan fingerprint density at radius 3 is 2.59 bits per heavy atom. The quantitative estimate of drug-likeness (QED) is 0.763. The van der Waals surface area contributed by atoms with Crippen LogP contribution in [-0.4, -0.2) is 25.8 Å². The lowest BCUT2D eigenvalue weighted by Crippen LogP contribution is -2.04. The number of benzene rings is 1. The first-order valence-corrected chi connectivity index (χ1v) is 6.23. The third-order valence-corrected chi connectivity index (χ3v) is 3.44. The summed E-state index contributed by atoms with van der Waals surface area (Å²) < 4.78 is 39.9. The van der Waals surface area contributed by atoms with Crippen molar-refractivity contribution in [2.24, 2.45) is 7.05 Å². The summed E-state index contributed by atoms with van der Waals surface area (Å²) in [5, 5.41) is 15.7. The molecule has 2 heterocycles. The van der Waals surface area contributed by atoms with Gasteiger partial charge in [-0.3, -0.25) is 5.10 Å². The standard InChI is InChI=1S/C14H10F3N3O2/c1-20-11-5-8(14(15,16)17)3-2-7(11)4-12(20)9-6-10(13(21)22)19-18-9/h2-6H,1H3,(H,18,19)(H,21,22). The molecular formula is C14H10F3N3O2. The highest BCUT2D eigenvalue weighted by molar-refractivity contribution is 5.89. The lowest BCUT2D eigenvalue weighted by Gasteiger charge is -2.07. The summed E-state index contributed by atoms with van der Waals surface area (Å²) in [6.45, 7) is 0. The van der Waals surface area contributed by atoms with Gasteiger partial charge in [-0.05, 0) is 18.2 Å². The zero-order chi connectivity index (χ0) is 16.1. The molecular weight excluding hydrogens is 299 g/mol. The number of alkyl halides is 3. The number of fused-ring (bicyclic) bond motifs is 1. The van der Waals surface area contributed by atoms with Crippen LogP contribution in [0, 0.1) is 0 Å². The van der Waals surface area contributed by atoms with Crippen molar-refractivity contribution >= 4 is 16.9 Å². The molecule has 3 aromatic rings. The highest BCUT2D eigenvalue weighted by atomic mass is 19.4. The van der Waals surface area contributed by atoms with Gasteiger partial charge >= 0.3 is 12.1 Å². The highest BCUT2D eigenvalue weighted by Gasteiger charge is 2.31. The number of aryl methyl sites for hydroxylation is 1. The van der Waals surface area contributed by atoms with E-state index in [-0.39, 0.29) is 5.69 Å². The molecule has 0 spiro atoms. The van der Waals surface area contributed by atoms with Gasteiger partial charge in [-0.25, -0.2) is 4.79 Å². The van der Waals surface area contributed by atoms with Gasteiger partial charge in [0.2, 0.25) is 0 Å². The third kappa shape index (κ3) is 2.22. The molecule has 8 heteroatoms. The maximum absolute atomic E-state index is 12.8. The van der Waals surface area contributed by atoms with Gasteiger partial charge in [-0.2, -0.15) is 18.3 Å². The molecule has 0 aliphatic carbocycles. The van der Waals surface area contributed by atoms with E-state index in [2.05, 4.69) is 10.2 Å². The number of aromatic nitrogens is 3. The summed E-state index contributed by atoms with van der Waals surface area (Å²) in [6.07, 6.45) is -4.42. The van der Waals surface area contributed by atoms with Crippen molar-refractivity contribution in [1.82, 2.24) is 14.8 Å². The average molecular weight is 309 g/mol. The Morgan fingerprint density at radius 2 is 2.00 bits per heavy atom. The van der Waals surface area contributed by atoms with Crippen molar-refractivity contribution in [1.29, 1.82) is 0 Å². The summed E-state index contributed by atoms with van der Waals surface area (Å²) >= 11 is 0. The number of carboxylic acids is 1. The van der Waals surface area contributed by atoms with Crippen LogP contribution in [0.25, 0.3) is 22.3 Å². The fourth-order valence-electron chi connectivity index (χ4n) is 2.31. The minimum atomic E-state index is -4.42. The van der Waals surface area contributed by atoms with Crippen molar-refractivity contribution in [2.45, 2.75) is 6.18 Å². The maximum Gasteiger partial charge on any atom is 0.416 e. The van der Waals surface area contributed by atoms with Gasteiger partial charge < -0.3 is 9.67 Å². The number of nitrogens with zero attached hydrogens (tertiary/aromatic N) is 2. The van der Waals surface area contributed by atoms with Gasteiger partial charge in [0.25, 0.3) is 0 Å². The van der Waals surface area contributed by atoms with Gasteiger partial charge in [-0.1, -0.05) is 6.07 Å². The number of halogens is 3. The van der Waals surface area contributed by atoms with Crippen LogP contribution in [0.15, 0.2) is 30.3 Å². The zero-order valence-electron chi connectivity index (χ0n) is 11.3. The maximum atomic E-state index is 12.8. The molecule has 3 rings (SSSR count). The topological polar surface area (TPSA) is 70.9 Å². The number of rotatable bonds is 2. The van der Waals surface area contributed by atoms with Crippen molar-refractivity contribution < 1.29 is 23.1 Å². The van der Waals surface area contributed by atoms with Crippen LogP contribution >= 0.6 is 0 Å². The number of aromatic amines is 1. The summed E-state index contributed by atoms with van der Waals surface area (Å²) in [5.74, 6) is -1.16. The number of hydrogen-bond donors (Lipinski definition) is 2. The summed E-state index contributed by atoms with van der Waals surface area (Å²) in [5.41, 5.74) is 0.449. The molecule has 1 aromatic carbocycles. The molecule has 0 amide bonds. The Kier molecular flexibility index (Phi) is 2.98. The van der Waals surface area contributed by atoms with Crippen molar-refractivity contribution in [3.63, 3.8) is 0 Å². The Balaban J connectivity index is 2.15. The largest absolute Gasteiger partial charge is 0.477 e. The molecule has 0 unspecified atom stereocenters.